The molecule has 0 aliphatic heterocycles. The molecule has 6 nitrogen and oxygen atoms in total. The van der Waals surface area contributed by atoms with Gasteiger partial charge in [0.05, 0.1) is 17.1 Å². The monoisotopic (exact) mass is 396 g/mol. The maximum atomic E-state index is 12.9. The summed E-state index contributed by atoms with van der Waals surface area (Å²) in [5, 5.41) is 8.75. The molecule has 0 bridgehead atoms. The highest BCUT2D eigenvalue weighted by atomic mass is 35.5. The number of sulfonamides is 1. The second-order valence-corrected chi connectivity index (χ2v) is 7.99. The highest BCUT2D eigenvalue weighted by Gasteiger charge is 2.32. The van der Waals surface area contributed by atoms with Crippen LogP contribution >= 0.6 is 22.9 Å². The summed E-state index contributed by atoms with van der Waals surface area (Å²) in [7, 11) is -3.78. The third-order valence-corrected chi connectivity index (χ3v) is 6.11. The van der Waals surface area contributed by atoms with Crippen molar-refractivity contribution >= 4 is 38.6 Å². The zero-order valence-corrected chi connectivity index (χ0v) is 14.0. The molecule has 0 amide bonds. The second kappa shape index (κ2) is 5.99. The molecule has 0 saturated carbocycles. The Labute approximate surface area is 142 Å². The van der Waals surface area contributed by atoms with Crippen LogP contribution in [0.15, 0.2) is 34.0 Å². The average molecular weight is 397 g/mol. The highest BCUT2D eigenvalue weighted by molar-refractivity contribution is 7.91. The van der Waals surface area contributed by atoms with Gasteiger partial charge < -0.3 is 0 Å². The van der Waals surface area contributed by atoms with E-state index in [1.165, 1.54) is 6.07 Å². The van der Waals surface area contributed by atoms with Crippen LogP contribution in [0.25, 0.3) is 5.65 Å². The zero-order chi connectivity index (χ0) is 17.5. The maximum Gasteiger partial charge on any atom is 0.417 e. The van der Waals surface area contributed by atoms with Gasteiger partial charge in [-0.25, -0.2) is 13.1 Å². The molecule has 0 radical (unpaired) electrons. The molecule has 0 aromatic carbocycles. The van der Waals surface area contributed by atoms with E-state index >= 15 is 0 Å². The largest absolute Gasteiger partial charge is 0.417 e. The van der Waals surface area contributed by atoms with E-state index in [2.05, 4.69) is 14.9 Å². The van der Waals surface area contributed by atoms with E-state index in [1.807, 2.05) is 0 Å². The summed E-state index contributed by atoms with van der Waals surface area (Å²) in [6, 6.07) is 3.72. The smallest absolute Gasteiger partial charge is 0.283 e. The van der Waals surface area contributed by atoms with E-state index < -0.39 is 21.8 Å². The fourth-order valence-corrected chi connectivity index (χ4v) is 4.19. The third-order valence-electron chi connectivity index (χ3n) is 3.04. The van der Waals surface area contributed by atoms with Gasteiger partial charge in [0, 0.05) is 6.20 Å². The number of halogens is 4. The summed E-state index contributed by atoms with van der Waals surface area (Å²) < 4.78 is 66.1. The molecule has 0 atom stereocenters. The minimum absolute atomic E-state index is 0.00925. The first kappa shape index (κ1) is 17.1. The summed E-state index contributed by atoms with van der Waals surface area (Å²) >= 11 is 6.81. The molecule has 0 aliphatic rings. The number of nitrogens with one attached hydrogen (secondary N) is 1. The average Bonchev–Trinajstić information content (AvgIpc) is 3.14. The lowest BCUT2D eigenvalue weighted by atomic mass is 10.3. The molecule has 0 unspecified atom stereocenters. The van der Waals surface area contributed by atoms with E-state index in [0.29, 0.717) is 0 Å². The third kappa shape index (κ3) is 3.24. The van der Waals surface area contributed by atoms with Crippen LogP contribution in [0.5, 0.6) is 0 Å². The van der Waals surface area contributed by atoms with Crippen LogP contribution < -0.4 is 4.72 Å². The van der Waals surface area contributed by atoms with Gasteiger partial charge in [-0.3, -0.25) is 4.40 Å². The lowest BCUT2D eigenvalue weighted by molar-refractivity contribution is -0.137. The Bertz CT molecular complexity index is 984. The Hall–Kier alpha value is -1.69. The Kier molecular flexibility index (Phi) is 4.28. The lowest BCUT2D eigenvalue weighted by Crippen LogP contribution is -2.23. The molecule has 0 saturated heterocycles. The number of pyridine rings is 1. The molecular weight excluding hydrogens is 389 g/mol. The molecule has 24 heavy (non-hydrogen) atoms. The fourth-order valence-electron chi connectivity index (χ4n) is 1.92. The molecule has 0 spiro atoms. The van der Waals surface area contributed by atoms with Crippen LogP contribution in [0.3, 0.4) is 0 Å². The van der Waals surface area contributed by atoms with Crippen LogP contribution in [-0.4, -0.2) is 23.0 Å². The van der Waals surface area contributed by atoms with Crippen LogP contribution in [0, 0.1) is 0 Å². The number of nitrogens with zero attached hydrogens (tertiary/aromatic N) is 3. The van der Waals surface area contributed by atoms with E-state index in [4.69, 9.17) is 11.6 Å². The van der Waals surface area contributed by atoms with E-state index in [-0.39, 0.29) is 27.2 Å². The first-order chi connectivity index (χ1) is 11.2. The molecule has 128 valence electrons. The SMILES string of the molecule is O=S(=O)(NCc1nnc2c(Cl)cc(C(F)(F)F)cn12)c1cccs1. The first-order valence-corrected chi connectivity index (χ1v) is 9.06. The summed E-state index contributed by atoms with van der Waals surface area (Å²) in [5.74, 6) is -0.0156. The molecule has 3 heterocycles. The van der Waals surface area contributed by atoms with E-state index in [9.17, 15) is 21.6 Å². The Morgan fingerprint density at radius 3 is 2.71 bits per heavy atom. The van der Waals surface area contributed by atoms with Gasteiger partial charge in [-0.15, -0.1) is 21.5 Å². The van der Waals surface area contributed by atoms with E-state index in [0.717, 1.165) is 28.0 Å². The second-order valence-electron chi connectivity index (χ2n) is 4.64. The molecule has 3 aromatic rings. The molecule has 3 rings (SSSR count). The van der Waals surface area contributed by atoms with Crippen molar-refractivity contribution in [3.05, 3.63) is 46.2 Å². The van der Waals surface area contributed by atoms with Gasteiger partial charge in [0.15, 0.2) is 11.5 Å². The molecule has 0 fully saturated rings. The number of hydrogen-bond donors (Lipinski definition) is 1. The Morgan fingerprint density at radius 1 is 1.33 bits per heavy atom. The molecular formula is C12H8ClF3N4O2S2. The van der Waals surface area contributed by atoms with Crippen LogP contribution in [0.4, 0.5) is 13.2 Å². The normalized spacial score (nSPS) is 12.8. The van der Waals surface area contributed by atoms with E-state index in [1.54, 1.807) is 11.4 Å². The minimum atomic E-state index is -4.60. The van der Waals surface area contributed by atoms with Gasteiger partial charge in [0.2, 0.25) is 10.0 Å². The number of thiophene rings is 1. The molecule has 12 heteroatoms. The predicted octanol–water partition coefficient (Wildman–Crippen LogP) is 2.94. The number of fused-ring (bicyclic) bond motifs is 1. The Morgan fingerprint density at radius 2 is 2.08 bits per heavy atom. The van der Waals surface area contributed by atoms with Crippen LogP contribution in [-0.2, 0) is 22.7 Å². The summed E-state index contributed by atoms with van der Waals surface area (Å²) in [6.45, 7) is -0.334. The summed E-state index contributed by atoms with van der Waals surface area (Å²) in [5.41, 5.74) is -0.975. The van der Waals surface area contributed by atoms with Crippen molar-refractivity contribution in [3.63, 3.8) is 0 Å². The zero-order valence-electron chi connectivity index (χ0n) is 11.6. The predicted molar refractivity (Wildman–Crippen MR) is 81.3 cm³/mol. The van der Waals surface area contributed by atoms with Crippen molar-refractivity contribution in [2.45, 2.75) is 16.9 Å². The van der Waals surface area contributed by atoms with Gasteiger partial charge in [0.1, 0.15) is 4.21 Å². The highest BCUT2D eigenvalue weighted by Crippen LogP contribution is 2.32. The lowest BCUT2D eigenvalue weighted by Gasteiger charge is -2.09. The van der Waals surface area contributed by atoms with Crippen molar-refractivity contribution in [1.29, 1.82) is 0 Å². The fraction of sp³-hybridized carbons (Fsp3) is 0.167. The van der Waals surface area contributed by atoms with Gasteiger partial charge in [0.25, 0.3) is 0 Å². The molecule has 3 aromatic heterocycles. The van der Waals surface area contributed by atoms with Gasteiger partial charge in [-0.2, -0.15) is 13.2 Å². The van der Waals surface area contributed by atoms with Crippen molar-refractivity contribution in [2.75, 3.05) is 0 Å². The topological polar surface area (TPSA) is 76.4 Å². The number of hydrogen-bond acceptors (Lipinski definition) is 5. The number of rotatable bonds is 4. The van der Waals surface area contributed by atoms with Crippen LogP contribution in [0.2, 0.25) is 5.02 Å². The molecule has 0 aliphatic carbocycles. The van der Waals surface area contributed by atoms with Crippen molar-refractivity contribution in [3.8, 4) is 0 Å². The van der Waals surface area contributed by atoms with Crippen molar-refractivity contribution < 1.29 is 21.6 Å². The Balaban J connectivity index is 1.95. The molecule has 1 N–H and O–H groups in total. The standard InChI is InChI=1S/C12H8ClF3N4O2S2/c13-8-4-7(12(14,15)16)6-20-9(18-19-11(8)20)5-17-24(21,22)10-2-1-3-23-10/h1-4,6,17H,5H2. The van der Waals surface area contributed by atoms with Crippen molar-refractivity contribution in [2.24, 2.45) is 0 Å². The quantitative estimate of drug-likeness (QED) is 0.735. The summed E-state index contributed by atoms with van der Waals surface area (Å²) in [6.07, 6.45) is -3.83. The van der Waals surface area contributed by atoms with Crippen molar-refractivity contribution in [1.82, 2.24) is 19.3 Å². The summed E-state index contributed by atoms with van der Waals surface area (Å²) in [4.78, 5) is 0. The number of aromatic nitrogens is 3. The number of alkyl halides is 3. The first-order valence-electron chi connectivity index (χ1n) is 6.32. The van der Waals surface area contributed by atoms with Gasteiger partial charge in [-0.1, -0.05) is 17.7 Å². The van der Waals surface area contributed by atoms with Crippen LogP contribution in [0.1, 0.15) is 11.4 Å². The van der Waals surface area contributed by atoms with Gasteiger partial charge >= 0.3 is 6.18 Å². The van der Waals surface area contributed by atoms with Gasteiger partial charge in [-0.05, 0) is 17.5 Å². The minimum Gasteiger partial charge on any atom is -0.283 e. The maximum absolute atomic E-state index is 12.9.